The molecular formula is C16H11NO2S. The summed E-state index contributed by atoms with van der Waals surface area (Å²) in [6.45, 7) is 0. The highest BCUT2D eigenvalue weighted by molar-refractivity contribution is 7.13. The van der Waals surface area contributed by atoms with Crippen LogP contribution in [0.3, 0.4) is 0 Å². The van der Waals surface area contributed by atoms with E-state index in [0.29, 0.717) is 0 Å². The van der Waals surface area contributed by atoms with E-state index in [0.717, 1.165) is 21.7 Å². The highest BCUT2D eigenvalue weighted by atomic mass is 32.1. The number of hydrogen-bond acceptors (Lipinski definition) is 3. The van der Waals surface area contributed by atoms with E-state index in [4.69, 9.17) is 5.11 Å². The van der Waals surface area contributed by atoms with Crippen molar-refractivity contribution >= 4 is 17.3 Å². The average Bonchev–Trinajstić information content (AvgIpc) is 2.98. The molecule has 3 aromatic rings. The summed E-state index contributed by atoms with van der Waals surface area (Å²) in [7, 11) is 0. The maximum Gasteiger partial charge on any atom is 0.355 e. The monoisotopic (exact) mass is 281 g/mol. The van der Waals surface area contributed by atoms with Gasteiger partial charge < -0.3 is 5.11 Å². The largest absolute Gasteiger partial charge is 0.476 e. The van der Waals surface area contributed by atoms with Gasteiger partial charge in [-0.3, -0.25) is 0 Å². The fraction of sp³-hybridized carbons (Fsp3) is 0. The Morgan fingerprint density at radius 1 is 0.900 bits per heavy atom. The van der Waals surface area contributed by atoms with Gasteiger partial charge in [0.25, 0.3) is 0 Å². The molecule has 2 aromatic carbocycles. The van der Waals surface area contributed by atoms with Crippen molar-refractivity contribution < 1.29 is 9.90 Å². The van der Waals surface area contributed by atoms with Crippen molar-refractivity contribution in [2.75, 3.05) is 0 Å². The molecule has 20 heavy (non-hydrogen) atoms. The Morgan fingerprint density at radius 3 is 2.10 bits per heavy atom. The number of carboxylic acids is 1. The number of aromatic carboxylic acids is 1. The standard InChI is InChI=1S/C16H11NO2S/c18-16(19)14-10-20-15(17-14)13-8-6-12(7-9-13)11-4-2-1-3-5-11/h1-10H,(H,18,19). The van der Waals surface area contributed by atoms with Crippen molar-refractivity contribution in [3.63, 3.8) is 0 Å². The Bertz CT molecular complexity index is 733. The Morgan fingerprint density at radius 2 is 1.50 bits per heavy atom. The quantitative estimate of drug-likeness (QED) is 0.783. The number of carbonyl (C=O) groups is 1. The summed E-state index contributed by atoms with van der Waals surface area (Å²) >= 11 is 1.34. The Hall–Kier alpha value is -2.46. The van der Waals surface area contributed by atoms with Gasteiger partial charge in [0.05, 0.1) is 0 Å². The van der Waals surface area contributed by atoms with E-state index in [2.05, 4.69) is 17.1 Å². The third-order valence-corrected chi connectivity index (χ3v) is 3.85. The SMILES string of the molecule is O=C(O)c1csc(-c2ccc(-c3ccccc3)cc2)n1. The van der Waals surface area contributed by atoms with Gasteiger partial charge in [-0.2, -0.15) is 0 Å². The third kappa shape index (κ3) is 2.46. The van der Waals surface area contributed by atoms with Gasteiger partial charge >= 0.3 is 5.97 Å². The van der Waals surface area contributed by atoms with Crippen molar-refractivity contribution in [3.8, 4) is 21.7 Å². The topological polar surface area (TPSA) is 50.2 Å². The molecule has 0 spiro atoms. The van der Waals surface area contributed by atoms with E-state index in [1.54, 1.807) is 5.38 Å². The molecule has 0 saturated heterocycles. The van der Waals surface area contributed by atoms with E-state index < -0.39 is 5.97 Å². The maximum atomic E-state index is 10.8. The lowest BCUT2D eigenvalue weighted by Crippen LogP contribution is -1.95. The van der Waals surface area contributed by atoms with E-state index >= 15 is 0 Å². The Balaban J connectivity index is 1.91. The van der Waals surface area contributed by atoms with Gasteiger partial charge in [0.1, 0.15) is 5.01 Å². The molecule has 0 aliphatic heterocycles. The van der Waals surface area contributed by atoms with E-state index in [-0.39, 0.29) is 5.69 Å². The molecule has 0 saturated carbocycles. The van der Waals surface area contributed by atoms with Gasteiger partial charge in [0.15, 0.2) is 5.69 Å². The molecule has 0 bridgehead atoms. The second-order valence-corrected chi connectivity index (χ2v) is 5.14. The molecule has 0 fully saturated rings. The highest BCUT2D eigenvalue weighted by Crippen LogP contribution is 2.27. The molecule has 0 radical (unpaired) electrons. The van der Waals surface area contributed by atoms with Crippen molar-refractivity contribution in [2.45, 2.75) is 0 Å². The van der Waals surface area contributed by atoms with Crippen LogP contribution in [0.4, 0.5) is 0 Å². The smallest absolute Gasteiger partial charge is 0.355 e. The predicted molar refractivity (Wildman–Crippen MR) is 79.9 cm³/mol. The summed E-state index contributed by atoms with van der Waals surface area (Å²) < 4.78 is 0. The molecule has 3 nitrogen and oxygen atoms in total. The molecule has 3 rings (SSSR count). The fourth-order valence-corrected chi connectivity index (χ4v) is 2.74. The molecule has 1 heterocycles. The Kier molecular flexibility index (Phi) is 3.31. The molecular weight excluding hydrogens is 270 g/mol. The maximum absolute atomic E-state index is 10.8. The van der Waals surface area contributed by atoms with Crippen LogP contribution in [0, 0.1) is 0 Å². The van der Waals surface area contributed by atoms with Gasteiger partial charge in [-0.1, -0.05) is 54.6 Å². The first-order valence-electron chi connectivity index (χ1n) is 6.09. The molecule has 0 aliphatic carbocycles. The number of aromatic nitrogens is 1. The first-order valence-corrected chi connectivity index (χ1v) is 6.97. The summed E-state index contributed by atoms with van der Waals surface area (Å²) in [5.74, 6) is -0.992. The van der Waals surface area contributed by atoms with Crippen LogP contribution in [0.1, 0.15) is 10.5 Å². The van der Waals surface area contributed by atoms with Gasteiger partial charge in [0.2, 0.25) is 0 Å². The molecule has 0 amide bonds. The second kappa shape index (κ2) is 5.27. The summed E-state index contributed by atoms with van der Waals surface area (Å²) in [4.78, 5) is 14.9. The lowest BCUT2D eigenvalue weighted by atomic mass is 10.0. The van der Waals surface area contributed by atoms with Crippen LogP contribution in [-0.4, -0.2) is 16.1 Å². The lowest BCUT2D eigenvalue weighted by Gasteiger charge is -2.02. The first-order chi connectivity index (χ1) is 9.74. The van der Waals surface area contributed by atoms with Crippen molar-refractivity contribution in [1.82, 2.24) is 4.98 Å². The molecule has 1 aromatic heterocycles. The van der Waals surface area contributed by atoms with Crippen LogP contribution < -0.4 is 0 Å². The highest BCUT2D eigenvalue weighted by Gasteiger charge is 2.10. The number of benzene rings is 2. The second-order valence-electron chi connectivity index (χ2n) is 4.29. The summed E-state index contributed by atoms with van der Waals surface area (Å²) in [5, 5.41) is 11.2. The number of thiazole rings is 1. The van der Waals surface area contributed by atoms with Crippen LogP contribution in [0.5, 0.6) is 0 Å². The van der Waals surface area contributed by atoms with Crippen LogP contribution in [0.2, 0.25) is 0 Å². The zero-order chi connectivity index (χ0) is 13.9. The zero-order valence-electron chi connectivity index (χ0n) is 10.5. The first kappa shape index (κ1) is 12.6. The van der Waals surface area contributed by atoms with E-state index in [9.17, 15) is 4.79 Å². The van der Waals surface area contributed by atoms with Crippen molar-refractivity contribution in [1.29, 1.82) is 0 Å². The number of rotatable bonds is 3. The number of hydrogen-bond donors (Lipinski definition) is 1. The summed E-state index contributed by atoms with van der Waals surface area (Å²) in [5.41, 5.74) is 3.31. The molecule has 98 valence electrons. The Labute approximate surface area is 120 Å². The minimum Gasteiger partial charge on any atom is -0.476 e. The van der Waals surface area contributed by atoms with Gasteiger partial charge in [-0.15, -0.1) is 11.3 Å². The third-order valence-electron chi connectivity index (χ3n) is 2.96. The molecule has 0 unspecified atom stereocenters. The van der Waals surface area contributed by atoms with E-state index in [1.165, 1.54) is 11.3 Å². The van der Waals surface area contributed by atoms with E-state index in [1.807, 2.05) is 42.5 Å². The minimum atomic E-state index is -0.992. The van der Waals surface area contributed by atoms with Crippen molar-refractivity contribution in [2.24, 2.45) is 0 Å². The van der Waals surface area contributed by atoms with Crippen LogP contribution in [-0.2, 0) is 0 Å². The zero-order valence-corrected chi connectivity index (χ0v) is 11.3. The number of carboxylic acid groups (broad SMARTS) is 1. The van der Waals surface area contributed by atoms with Crippen LogP contribution in [0.15, 0.2) is 60.0 Å². The van der Waals surface area contributed by atoms with Crippen molar-refractivity contribution in [3.05, 3.63) is 65.7 Å². The van der Waals surface area contributed by atoms with Gasteiger partial charge in [-0.25, -0.2) is 9.78 Å². The minimum absolute atomic E-state index is 0.0946. The van der Waals surface area contributed by atoms with Gasteiger partial charge in [-0.05, 0) is 11.1 Å². The lowest BCUT2D eigenvalue weighted by molar-refractivity contribution is 0.0691. The average molecular weight is 281 g/mol. The molecule has 0 aliphatic rings. The fourth-order valence-electron chi connectivity index (χ4n) is 1.94. The number of nitrogens with zero attached hydrogens (tertiary/aromatic N) is 1. The van der Waals surface area contributed by atoms with Gasteiger partial charge in [0, 0.05) is 10.9 Å². The van der Waals surface area contributed by atoms with Crippen LogP contribution in [0.25, 0.3) is 21.7 Å². The normalized spacial score (nSPS) is 10.4. The van der Waals surface area contributed by atoms with Crippen LogP contribution >= 0.6 is 11.3 Å². The summed E-state index contributed by atoms with van der Waals surface area (Å²) in [6.07, 6.45) is 0. The molecule has 1 N–H and O–H groups in total. The molecule has 0 atom stereocenters. The predicted octanol–water partition coefficient (Wildman–Crippen LogP) is 4.18. The molecule has 4 heteroatoms. The summed E-state index contributed by atoms with van der Waals surface area (Å²) in [6, 6.07) is 18.1.